The molecule has 0 fully saturated rings. The van der Waals surface area contributed by atoms with Crippen LogP contribution in [0, 0.1) is 13.8 Å². The molecule has 7 heteroatoms. The number of pyridine rings is 1. The lowest BCUT2D eigenvalue weighted by Gasteiger charge is -2.20. The van der Waals surface area contributed by atoms with Crippen molar-refractivity contribution < 1.29 is 9.53 Å². The molecule has 1 amide bonds. The summed E-state index contributed by atoms with van der Waals surface area (Å²) in [5, 5.41) is 1.18. The van der Waals surface area contributed by atoms with E-state index in [0.717, 1.165) is 21.4 Å². The van der Waals surface area contributed by atoms with E-state index in [1.165, 1.54) is 16.9 Å². The average Bonchev–Trinajstić information content (AvgIpc) is 3.21. The Labute approximate surface area is 190 Å². The predicted octanol–water partition coefficient (Wildman–Crippen LogP) is 5.75. The number of halogens is 1. The van der Waals surface area contributed by atoms with Crippen molar-refractivity contribution in [3.8, 4) is 5.75 Å². The molecule has 31 heavy (non-hydrogen) atoms. The fourth-order valence-electron chi connectivity index (χ4n) is 3.46. The highest BCUT2D eigenvalue weighted by Gasteiger charge is 2.23. The third-order valence-electron chi connectivity index (χ3n) is 5.13. The number of aryl methyl sites for hydroxylation is 2. The molecule has 0 saturated carbocycles. The molecule has 0 bridgehead atoms. The quantitative estimate of drug-likeness (QED) is 0.374. The van der Waals surface area contributed by atoms with Gasteiger partial charge < -0.3 is 4.74 Å². The molecule has 0 atom stereocenters. The molecular weight excluding hydrogens is 430 g/mol. The molecule has 0 aliphatic carbocycles. The summed E-state index contributed by atoms with van der Waals surface area (Å²) in [6.45, 7) is 4.48. The minimum atomic E-state index is -0.0297. The van der Waals surface area contributed by atoms with Crippen LogP contribution in [0.25, 0.3) is 10.2 Å². The molecule has 2 aromatic heterocycles. The van der Waals surface area contributed by atoms with Crippen LogP contribution in [-0.2, 0) is 17.8 Å². The molecule has 4 aromatic rings. The van der Waals surface area contributed by atoms with Gasteiger partial charge >= 0.3 is 0 Å². The molecule has 0 aliphatic heterocycles. The van der Waals surface area contributed by atoms with Gasteiger partial charge in [0, 0.05) is 12.4 Å². The first-order valence-electron chi connectivity index (χ1n) is 9.84. The summed E-state index contributed by atoms with van der Waals surface area (Å²) in [4.78, 5) is 24.0. The average molecular weight is 452 g/mol. The number of thiazole rings is 1. The van der Waals surface area contributed by atoms with Gasteiger partial charge in [0.05, 0.1) is 29.8 Å². The Bertz CT molecular complexity index is 1240. The highest BCUT2D eigenvalue weighted by atomic mass is 35.5. The maximum Gasteiger partial charge on any atom is 0.233 e. The second kappa shape index (κ2) is 9.04. The number of amides is 1. The molecule has 2 aromatic carbocycles. The highest BCUT2D eigenvalue weighted by Crippen LogP contribution is 2.39. The molecule has 2 heterocycles. The lowest BCUT2D eigenvalue weighted by molar-refractivity contribution is -0.118. The van der Waals surface area contributed by atoms with E-state index >= 15 is 0 Å². The summed E-state index contributed by atoms with van der Waals surface area (Å²) in [5.41, 5.74) is 4.92. The van der Waals surface area contributed by atoms with Crippen LogP contribution in [0.4, 0.5) is 5.13 Å². The summed E-state index contributed by atoms with van der Waals surface area (Å²) in [5.74, 6) is 0.602. The largest absolute Gasteiger partial charge is 0.494 e. The molecule has 4 rings (SSSR count). The van der Waals surface area contributed by atoms with E-state index in [0.29, 0.717) is 28.0 Å². The van der Waals surface area contributed by atoms with Crippen molar-refractivity contribution in [3.05, 3.63) is 82.1 Å². The maximum atomic E-state index is 13.5. The topological polar surface area (TPSA) is 55.3 Å². The van der Waals surface area contributed by atoms with Crippen molar-refractivity contribution in [2.75, 3.05) is 12.0 Å². The summed E-state index contributed by atoms with van der Waals surface area (Å²) in [6, 6.07) is 13.5. The third-order valence-corrected chi connectivity index (χ3v) is 6.67. The summed E-state index contributed by atoms with van der Waals surface area (Å²) >= 11 is 7.81. The Kier molecular flexibility index (Phi) is 6.20. The Morgan fingerprint density at radius 3 is 2.61 bits per heavy atom. The van der Waals surface area contributed by atoms with Crippen LogP contribution in [0.3, 0.4) is 0 Å². The number of hydrogen-bond acceptors (Lipinski definition) is 5. The van der Waals surface area contributed by atoms with Crippen molar-refractivity contribution in [1.29, 1.82) is 0 Å². The van der Waals surface area contributed by atoms with Gasteiger partial charge in [-0.1, -0.05) is 46.7 Å². The minimum Gasteiger partial charge on any atom is -0.494 e. The van der Waals surface area contributed by atoms with Crippen LogP contribution in [0.15, 0.2) is 54.9 Å². The number of rotatable bonds is 6. The molecule has 0 N–H and O–H groups in total. The van der Waals surface area contributed by atoms with E-state index in [9.17, 15) is 4.79 Å². The van der Waals surface area contributed by atoms with Crippen molar-refractivity contribution in [2.45, 2.75) is 26.8 Å². The number of hydrogen-bond donors (Lipinski definition) is 0. The van der Waals surface area contributed by atoms with Gasteiger partial charge in [-0.2, -0.15) is 0 Å². The van der Waals surface area contributed by atoms with Crippen LogP contribution in [0.2, 0.25) is 5.02 Å². The first kappa shape index (κ1) is 21.3. The van der Waals surface area contributed by atoms with Gasteiger partial charge in [-0.25, -0.2) is 4.98 Å². The second-order valence-electron chi connectivity index (χ2n) is 7.37. The number of fused-ring (bicyclic) bond motifs is 1. The SMILES string of the molecule is COc1ccc(Cl)c2sc(N(Cc3ccncc3)C(=O)Cc3ccc(C)cc3C)nc12. The van der Waals surface area contributed by atoms with Crippen molar-refractivity contribution in [1.82, 2.24) is 9.97 Å². The Morgan fingerprint density at radius 2 is 1.90 bits per heavy atom. The zero-order valence-corrected chi connectivity index (χ0v) is 19.1. The number of carbonyl (C=O) groups is 1. The van der Waals surface area contributed by atoms with E-state index in [2.05, 4.69) is 11.1 Å². The Hall–Kier alpha value is -2.96. The van der Waals surface area contributed by atoms with E-state index in [4.69, 9.17) is 21.3 Å². The first-order valence-corrected chi connectivity index (χ1v) is 11.0. The van der Waals surface area contributed by atoms with Gasteiger partial charge in [0.15, 0.2) is 5.13 Å². The number of ether oxygens (including phenoxy) is 1. The van der Waals surface area contributed by atoms with Gasteiger partial charge in [-0.05, 0) is 54.8 Å². The van der Waals surface area contributed by atoms with E-state index in [1.807, 2.05) is 38.1 Å². The number of benzene rings is 2. The van der Waals surface area contributed by atoms with Gasteiger partial charge in [-0.3, -0.25) is 14.7 Å². The lowest BCUT2D eigenvalue weighted by Crippen LogP contribution is -2.32. The smallest absolute Gasteiger partial charge is 0.233 e. The minimum absolute atomic E-state index is 0.0297. The standard InChI is InChI=1S/C24H22ClN3O2S/c1-15-4-5-18(16(2)12-15)13-21(29)28(14-17-8-10-26-11-9-17)24-27-22-20(30-3)7-6-19(25)23(22)31-24/h4-12H,13-14H2,1-3H3. The number of methoxy groups -OCH3 is 1. The van der Waals surface area contributed by atoms with E-state index in [-0.39, 0.29) is 12.3 Å². The number of carbonyl (C=O) groups excluding carboxylic acids is 1. The summed E-state index contributed by atoms with van der Waals surface area (Å²) < 4.78 is 6.25. The summed E-state index contributed by atoms with van der Waals surface area (Å²) in [7, 11) is 1.60. The monoisotopic (exact) mass is 451 g/mol. The molecule has 0 unspecified atom stereocenters. The van der Waals surface area contributed by atoms with Gasteiger partial charge in [-0.15, -0.1) is 0 Å². The van der Waals surface area contributed by atoms with Crippen molar-refractivity contribution in [3.63, 3.8) is 0 Å². The van der Waals surface area contributed by atoms with Crippen LogP contribution in [0.5, 0.6) is 5.75 Å². The summed E-state index contributed by atoms with van der Waals surface area (Å²) in [6.07, 6.45) is 3.73. The van der Waals surface area contributed by atoms with E-state index < -0.39 is 0 Å². The van der Waals surface area contributed by atoms with Crippen LogP contribution >= 0.6 is 22.9 Å². The van der Waals surface area contributed by atoms with Crippen molar-refractivity contribution in [2.24, 2.45) is 0 Å². The second-order valence-corrected chi connectivity index (χ2v) is 8.75. The Morgan fingerprint density at radius 1 is 1.13 bits per heavy atom. The molecule has 0 spiro atoms. The molecule has 5 nitrogen and oxygen atoms in total. The molecular formula is C24H22ClN3O2S. The first-order chi connectivity index (χ1) is 15.0. The zero-order chi connectivity index (χ0) is 22.0. The fraction of sp³-hybridized carbons (Fsp3) is 0.208. The van der Waals surface area contributed by atoms with Crippen LogP contribution in [0.1, 0.15) is 22.3 Å². The molecule has 0 saturated heterocycles. The normalized spacial score (nSPS) is 11.0. The Balaban J connectivity index is 1.74. The third kappa shape index (κ3) is 4.55. The van der Waals surface area contributed by atoms with Gasteiger partial charge in [0.25, 0.3) is 0 Å². The highest BCUT2D eigenvalue weighted by molar-refractivity contribution is 7.23. The predicted molar refractivity (Wildman–Crippen MR) is 126 cm³/mol. The number of nitrogens with zero attached hydrogens (tertiary/aromatic N) is 3. The zero-order valence-electron chi connectivity index (χ0n) is 17.6. The molecule has 0 radical (unpaired) electrons. The van der Waals surface area contributed by atoms with Crippen LogP contribution < -0.4 is 9.64 Å². The van der Waals surface area contributed by atoms with Gasteiger partial charge in [0.1, 0.15) is 11.3 Å². The van der Waals surface area contributed by atoms with Crippen molar-refractivity contribution >= 4 is 44.2 Å². The lowest BCUT2D eigenvalue weighted by atomic mass is 10.0. The molecule has 0 aliphatic rings. The molecule has 158 valence electrons. The fourth-order valence-corrected chi connectivity index (χ4v) is 4.73. The number of anilines is 1. The van der Waals surface area contributed by atoms with E-state index in [1.54, 1.807) is 36.5 Å². The van der Waals surface area contributed by atoms with Gasteiger partial charge in [0.2, 0.25) is 5.91 Å². The van der Waals surface area contributed by atoms with Crippen LogP contribution in [-0.4, -0.2) is 23.0 Å². The maximum absolute atomic E-state index is 13.5. The number of aromatic nitrogens is 2.